The van der Waals surface area contributed by atoms with Gasteiger partial charge >= 0.3 is 5.97 Å². The van der Waals surface area contributed by atoms with Gasteiger partial charge in [0.15, 0.2) is 5.79 Å². The molecule has 1 aliphatic rings. The van der Waals surface area contributed by atoms with E-state index in [0.717, 1.165) is 0 Å². The van der Waals surface area contributed by atoms with Gasteiger partial charge in [0.25, 0.3) is 0 Å². The third-order valence-corrected chi connectivity index (χ3v) is 3.44. The lowest BCUT2D eigenvalue weighted by atomic mass is 10.0. The normalized spacial score (nSPS) is 18.3. The minimum Gasteiger partial charge on any atom is -0.478 e. The third-order valence-electron chi connectivity index (χ3n) is 2.64. The average molecular weight is 277 g/mol. The van der Waals surface area contributed by atoms with Crippen molar-refractivity contribution in [2.75, 3.05) is 13.2 Å². The smallest absolute Gasteiger partial charge is 0.337 e. The SMILES string of the molecule is CC1(c2ccc(Cl)c(Cl)c2C(=O)O)OCCO1. The fourth-order valence-electron chi connectivity index (χ4n) is 1.81. The number of hydrogen-bond acceptors (Lipinski definition) is 3. The first-order chi connectivity index (χ1) is 7.96. The van der Waals surface area contributed by atoms with E-state index in [-0.39, 0.29) is 15.6 Å². The maximum atomic E-state index is 11.2. The zero-order valence-electron chi connectivity index (χ0n) is 9.00. The van der Waals surface area contributed by atoms with Crippen LogP contribution in [-0.2, 0) is 15.3 Å². The standard InChI is InChI=1S/C11H10Cl2O4/c1-11(16-4-5-17-11)6-2-3-7(12)9(13)8(6)10(14)15/h2-3H,4-5H2,1H3,(H,14,15). The molecule has 6 heteroatoms. The molecule has 2 rings (SSSR count). The molecule has 0 unspecified atom stereocenters. The highest BCUT2D eigenvalue weighted by atomic mass is 35.5. The van der Waals surface area contributed by atoms with Crippen LogP contribution in [0.4, 0.5) is 0 Å². The summed E-state index contributed by atoms with van der Waals surface area (Å²) in [4.78, 5) is 11.2. The first-order valence-corrected chi connectivity index (χ1v) is 5.71. The molecule has 0 bridgehead atoms. The van der Waals surface area contributed by atoms with Crippen LogP contribution in [0, 0.1) is 0 Å². The molecule has 1 fully saturated rings. The van der Waals surface area contributed by atoms with Gasteiger partial charge in [0.2, 0.25) is 0 Å². The second kappa shape index (κ2) is 4.46. The van der Waals surface area contributed by atoms with Gasteiger partial charge in [-0.25, -0.2) is 4.79 Å². The lowest BCUT2D eigenvalue weighted by Crippen LogP contribution is -2.25. The van der Waals surface area contributed by atoms with Gasteiger partial charge in [-0.2, -0.15) is 0 Å². The van der Waals surface area contributed by atoms with Crippen LogP contribution < -0.4 is 0 Å². The van der Waals surface area contributed by atoms with Gasteiger partial charge in [-0.15, -0.1) is 0 Å². The number of aromatic carboxylic acids is 1. The quantitative estimate of drug-likeness (QED) is 0.903. The molecule has 0 saturated carbocycles. The van der Waals surface area contributed by atoms with Crippen molar-refractivity contribution in [3.8, 4) is 0 Å². The summed E-state index contributed by atoms with van der Waals surface area (Å²) >= 11 is 11.7. The molecule has 0 amide bonds. The lowest BCUT2D eigenvalue weighted by molar-refractivity contribution is -0.150. The summed E-state index contributed by atoms with van der Waals surface area (Å²) in [5, 5.41) is 9.38. The van der Waals surface area contributed by atoms with Gasteiger partial charge in [-0.05, 0) is 13.0 Å². The lowest BCUT2D eigenvalue weighted by Gasteiger charge is -2.25. The second-order valence-corrected chi connectivity index (χ2v) is 4.52. The molecule has 0 aromatic heterocycles. The monoisotopic (exact) mass is 276 g/mol. The Morgan fingerprint density at radius 2 is 1.94 bits per heavy atom. The van der Waals surface area contributed by atoms with Gasteiger partial charge in [0.1, 0.15) is 0 Å². The molecule has 4 nitrogen and oxygen atoms in total. The molecule has 17 heavy (non-hydrogen) atoms. The number of halogens is 2. The van der Waals surface area contributed by atoms with Crippen molar-refractivity contribution in [2.24, 2.45) is 0 Å². The number of rotatable bonds is 2. The van der Waals surface area contributed by atoms with E-state index in [1.165, 1.54) is 6.07 Å². The van der Waals surface area contributed by atoms with Crippen molar-refractivity contribution >= 4 is 29.2 Å². The number of benzene rings is 1. The van der Waals surface area contributed by atoms with Crippen LogP contribution in [0.3, 0.4) is 0 Å². The van der Waals surface area contributed by atoms with E-state index >= 15 is 0 Å². The predicted octanol–water partition coefficient (Wildman–Crippen LogP) is 2.91. The Morgan fingerprint density at radius 1 is 1.35 bits per heavy atom. The fourth-order valence-corrected chi connectivity index (χ4v) is 2.21. The van der Waals surface area contributed by atoms with Crippen LogP contribution in [0.5, 0.6) is 0 Å². The van der Waals surface area contributed by atoms with E-state index in [0.29, 0.717) is 18.8 Å². The van der Waals surface area contributed by atoms with Crippen molar-refractivity contribution in [2.45, 2.75) is 12.7 Å². The summed E-state index contributed by atoms with van der Waals surface area (Å²) in [6, 6.07) is 3.09. The Balaban J connectivity index is 2.61. The highest BCUT2D eigenvalue weighted by Crippen LogP contribution is 2.38. The number of ether oxygens (including phenoxy) is 2. The highest BCUT2D eigenvalue weighted by Gasteiger charge is 2.37. The molecule has 0 atom stereocenters. The van der Waals surface area contributed by atoms with Crippen LogP contribution >= 0.6 is 23.2 Å². The summed E-state index contributed by atoms with van der Waals surface area (Å²) in [6.07, 6.45) is 0. The van der Waals surface area contributed by atoms with Crippen LogP contribution in [0.15, 0.2) is 12.1 Å². The highest BCUT2D eigenvalue weighted by molar-refractivity contribution is 6.43. The molecule has 1 aromatic rings. The Bertz CT molecular complexity index is 467. The molecule has 1 N–H and O–H groups in total. The number of carbonyl (C=O) groups is 1. The summed E-state index contributed by atoms with van der Waals surface area (Å²) in [5.41, 5.74) is 0.292. The summed E-state index contributed by atoms with van der Waals surface area (Å²) < 4.78 is 10.8. The topological polar surface area (TPSA) is 55.8 Å². The van der Waals surface area contributed by atoms with E-state index < -0.39 is 11.8 Å². The molecular weight excluding hydrogens is 267 g/mol. The van der Waals surface area contributed by atoms with Crippen molar-refractivity contribution in [3.63, 3.8) is 0 Å². The molecule has 1 aromatic carbocycles. The summed E-state index contributed by atoms with van der Waals surface area (Å²) in [5.74, 6) is -2.24. The molecular formula is C11H10Cl2O4. The Morgan fingerprint density at radius 3 is 2.47 bits per heavy atom. The molecule has 92 valence electrons. The van der Waals surface area contributed by atoms with E-state index in [2.05, 4.69) is 0 Å². The van der Waals surface area contributed by atoms with Gasteiger partial charge < -0.3 is 14.6 Å². The molecule has 0 spiro atoms. The molecule has 0 aliphatic carbocycles. The largest absolute Gasteiger partial charge is 0.478 e. The molecule has 1 aliphatic heterocycles. The van der Waals surface area contributed by atoms with Crippen LogP contribution in [0.2, 0.25) is 10.0 Å². The molecule has 1 heterocycles. The summed E-state index contributed by atoms with van der Waals surface area (Å²) in [7, 11) is 0. The zero-order valence-corrected chi connectivity index (χ0v) is 10.5. The van der Waals surface area contributed by atoms with Crippen LogP contribution in [0.1, 0.15) is 22.8 Å². The van der Waals surface area contributed by atoms with Crippen LogP contribution in [0.25, 0.3) is 0 Å². The van der Waals surface area contributed by atoms with Crippen molar-refractivity contribution in [3.05, 3.63) is 33.3 Å². The average Bonchev–Trinajstić information content (AvgIpc) is 2.69. The van der Waals surface area contributed by atoms with E-state index in [1.54, 1.807) is 13.0 Å². The van der Waals surface area contributed by atoms with Crippen molar-refractivity contribution in [1.82, 2.24) is 0 Å². The first-order valence-electron chi connectivity index (χ1n) is 4.95. The second-order valence-electron chi connectivity index (χ2n) is 3.73. The maximum absolute atomic E-state index is 11.2. The van der Waals surface area contributed by atoms with E-state index in [4.69, 9.17) is 32.7 Å². The maximum Gasteiger partial charge on any atom is 0.337 e. The Kier molecular flexibility index (Phi) is 3.32. The predicted molar refractivity (Wildman–Crippen MR) is 62.7 cm³/mol. The van der Waals surface area contributed by atoms with Gasteiger partial charge in [-0.1, -0.05) is 29.3 Å². The van der Waals surface area contributed by atoms with Gasteiger partial charge in [-0.3, -0.25) is 0 Å². The minimum absolute atomic E-state index is 0.00279. The Labute approximate surface area is 108 Å². The fraction of sp³-hybridized carbons (Fsp3) is 0.364. The number of carboxylic acids is 1. The third kappa shape index (κ3) is 2.13. The minimum atomic E-state index is -1.16. The van der Waals surface area contributed by atoms with Crippen molar-refractivity contribution in [1.29, 1.82) is 0 Å². The van der Waals surface area contributed by atoms with Gasteiger partial charge in [0, 0.05) is 5.56 Å². The van der Waals surface area contributed by atoms with Crippen LogP contribution in [-0.4, -0.2) is 24.3 Å². The number of hydrogen-bond donors (Lipinski definition) is 1. The van der Waals surface area contributed by atoms with E-state index in [1.807, 2.05) is 0 Å². The summed E-state index contributed by atoms with van der Waals surface area (Å²) in [6.45, 7) is 2.48. The molecule has 0 radical (unpaired) electrons. The molecule has 1 saturated heterocycles. The van der Waals surface area contributed by atoms with Crippen molar-refractivity contribution < 1.29 is 19.4 Å². The number of carboxylic acid groups (broad SMARTS) is 1. The zero-order chi connectivity index (χ0) is 12.6. The van der Waals surface area contributed by atoms with Gasteiger partial charge in [0.05, 0.1) is 28.8 Å². The Hall–Kier alpha value is -0.810. The first kappa shape index (κ1) is 12.6. The van der Waals surface area contributed by atoms with E-state index in [9.17, 15) is 9.90 Å².